The van der Waals surface area contributed by atoms with E-state index in [1.807, 2.05) is 19.1 Å². The van der Waals surface area contributed by atoms with E-state index in [2.05, 4.69) is 17.6 Å². The molecular weight excluding hydrogens is 236 g/mol. The molecule has 0 aliphatic heterocycles. The molecule has 17 heavy (non-hydrogen) atoms. The highest BCUT2D eigenvalue weighted by molar-refractivity contribution is 6.31. The normalized spacial score (nSPS) is 10.3. The Labute approximate surface area is 108 Å². The molecular formula is C13H19ClN2O. The van der Waals surface area contributed by atoms with E-state index in [0.29, 0.717) is 18.0 Å². The Hall–Kier alpha value is -1.06. The van der Waals surface area contributed by atoms with Crippen LogP contribution in [0.1, 0.15) is 25.3 Å². The van der Waals surface area contributed by atoms with Gasteiger partial charge in [-0.3, -0.25) is 4.79 Å². The van der Waals surface area contributed by atoms with E-state index in [0.717, 1.165) is 24.2 Å². The van der Waals surface area contributed by atoms with Gasteiger partial charge in [-0.15, -0.1) is 0 Å². The van der Waals surface area contributed by atoms with Crippen molar-refractivity contribution >= 4 is 23.2 Å². The number of rotatable bonds is 6. The summed E-state index contributed by atoms with van der Waals surface area (Å²) in [7, 11) is 0. The van der Waals surface area contributed by atoms with Gasteiger partial charge in [0.05, 0.1) is 0 Å². The Morgan fingerprint density at radius 1 is 1.35 bits per heavy atom. The molecule has 1 amide bonds. The van der Waals surface area contributed by atoms with Crippen LogP contribution in [0.2, 0.25) is 5.02 Å². The van der Waals surface area contributed by atoms with E-state index in [9.17, 15) is 4.79 Å². The van der Waals surface area contributed by atoms with Gasteiger partial charge in [0.25, 0.3) is 0 Å². The summed E-state index contributed by atoms with van der Waals surface area (Å²) in [5, 5.41) is 6.68. The second-order valence-corrected chi connectivity index (χ2v) is 4.42. The zero-order valence-corrected chi connectivity index (χ0v) is 11.1. The number of amides is 1. The zero-order chi connectivity index (χ0) is 12.7. The van der Waals surface area contributed by atoms with Crippen LogP contribution in [0.15, 0.2) is 18.2 Å². The number of aryl methyl sites for hydroxylation is 1. The van der Waals surface area contributed by atoms with Crippen LogP contribution in [0, 0.1) is 6.92 Å². The van der Waals surface area contributed by atoms with Crippen molar-refractivity contribution in [1.29, 1.82) is 0 Å². The van der Waals surface area contributed by atoms with Crippen molar-refractivity contribution in [1.82, 2.24) is 5.32 Å². The minimum Gasteiger partial charge on any atom is -0.326 e. The molecule has 0 saturated carbocycles. The number of hydrogen-bond donors (Lipinski definition) is 2. The van der Waals surface area contributed by atoms with Crippen LogP contribution in [-0.2, 0) is 4.79 Å². The molecule has 3 nitrogen and oxygen atoms in total. The summed E-state index contributed by atoms with van der Waals surface area (Å²) in [5.41, 5.74) is 1.76. The van der Waals surface area contributed by atoms with Crippen molar-refractivity contribution in [3.8, 4) is 0 Å². The molecule has 0 aliphatic carbocycles. The first kappa shape index (κ1) is 14.0. The third-order valence-electron chi connectivity index (χ3n) is 2.41. The maximum atomic E-state index is 11.6. The summed E-state index contributed by atoms with van der Waals surface area (Å²) in [4.78, 5) is 11.6. The van der Waals surface area contributed by atoms with Crippen molar-refractivity contribution in [2.24, 2.45) is 0 Å². The largest absolute Gasteiger partial charge is 0.326 e. The quantitative estimate of drug-likeness (QED) is 0.767. The number of benzene rings is 1. The van der Waals surface area contributed by atoms with Gasteiger partial charge in [-0.25, -0.2) is 0 Å². The van der Waals surface area contributed by atoms with Gasteiger partial charge >= 0.3 is 0 Å². The third-order valence-corrected chi connectivity index (χ3v) is 2.82. The lowest BCUT2D eigenvalue weighted by atomic mass is 10.2. The highest BCUT2D eigenvalue weighted by Gasteiger charge is 2.03. The van der Waals surface area contributed by atoms with Gasteiger partial charge in [0.2, 0.25) is 5.91 Å². The number of hydrogen-bond acceptors (Lipinski definition) is 2. The SMILES string of the molecule is CCCNCCC(=O)Nc1ccc(C)c(Cl)c1. The third kappa shape index (κ3) is 5.20. The minimum atomic E-state index is 0.00789. The van der Waals surface area contributed by atoms with E-state index < -0.39 is 0 Å². The first-order chi connectivity index (χ1) is 8.13. The molecule has 2 N–H and O–H groups in total. The van der Waals surface area contributed by atoms with Crippen LogP contribution in [-0.4, -0.2) is 19.0 Å². The molecule has 0 bridgehead atoms. The molecule has 0 aliphatic rings. The van der Waals surface area contributed by atoms with Crippen LogP contribution in [0.25, 0.3) is 0 Å². The van der Waals surface area contributed by atoms with Gasteiger partial charge in [0, 0.05) is 23.7 Å². The van der Waals surface area contributed by atoms with E-state index in [1.54, 1.807) is 6.07 Å². The minimum absolute atomic E-state index is 0.00789. The molecule has 0 fully saturated rings. The predicted octanol–water partition coefficient (Wildman–Crippen LogP) is 2.98. The molecule has 4 heteroatoms. The monoisotopic (exact) mass is 254 g/mol. The number of carbonyl (C=O) groups is 1. The number of nitrogens with one attached hydrogen (secondary N) is 2. The average Bonchev–Trinajstić information content (AvgIpc) is 2.30. The molecule has 0 unspecified atom stereocenters. The summed E-state index contributed by atoms with van der Waals surface area (Å²) in [5.74, 6) is 0.00789. The van der Waals surface area contributed by atoms with Gasteiger partial charge in [-0.1, -0.05) is 24.6 Å². The Balaban J connectivity index is 2.37. The summed E-state index contributed by atoms with van der Waals surface area (Å²) in [6.45, 7) is 5.69. The summed E-state index contributed by atoms with van der Waals surface area (Å²) >= 11 is 5.98. The molecule has 1 aromatic rings. The standard InChI is InChI=1S/C13H19ClN2O/c1-3-7-15-8-6-13(17)16-11-5-4-10(2)12(14)9-11/h4-5,9,15H,3,6-8H2,1-2H3,(H,16,17). The first-order valence-electron chi connectivity index (χ1n) is 5.90. The lowest BCUT2D eigenvalue weighted by molar-refractivity contribution is -0.116. The van der Waals surface area contributed by atoms with Crippen LogP contribution in [0.3, 0.4) is 0 Å². The molecule has 1 rings (SSSR count). The van der Waals surface area contributed by atoms with E-state index in [1.165, 1.54) is 0 Å². The average molecular weight is 255 g/mol. The molecule has 0 radical (unpaired) electrons. The maximum absolute atomic E-state index is 11.6. The maximum Gasteiger partial charge on any atom is 0.225 e. The first-order valence-corrected chi connectivity index (χ1v) is 6.28. The molecule has 0 heterocycles. The van der Waals surface area contributed by atoms with Gasteiger partial charge in [0.1, 0.15) is 0 Å². The molecule has 0 spiro atoms. The highest BCUT2D eigenvalue weighted by atomic mass is 35.5. The van der Waals surface area contributed by atoms with Crippen LogP contribution >= 0.6 is 11.6 Å². The number of halogens is 1. The van der Waals surface area contributed by atoms with E-state index >= 15 is 0 Å². The fourth-order valence-corrected chi connectivity index (χ4v) is 1.58. The smallest absolute Gasteiger partial charge is 0.225 e. The van der Waals surface area contributed by atoms with Crippen LogP contribution < -0.4 is 10.6 Å². The number of carbonyl (C=O) groups excluding carboxylic acids is 1. The topological polar surface area (TPSA) is 41.1 Å². The lowest BCUT2D eigenvalue weighted by Crippen LogP contribution is -2.22. The summed E-state index contributed by atoms with van der Waals surface area (Å²) in [6, 6.07) is 5.53. The van der Waals surface area contributed by atoms with Gasteiger partial charge in [0.15, 0.2) is 0 Å². The molecule has 94 valence electrons. The van der Waals surface area contributed by atoms with Crippen molar-refractivity contribution in [3.05, 3.63) is 28.8 Å². The second-order valence-electron chi connectivity index (χ2n) is 4.01. The van der Waals surface area contributed by atoms with E-state index in [-0.39, 0.29) is 5.91 Å². The van der Waals surface area contributed by atoms with Gasteiger partial charge in [-0.2, -0.15) is 0 Å². The summed E-state index contributed by atoms with van der Waals surface area (Å²) in [6.07, 6.45) is 1.56. The number of anilines is 1. The van der Waals surface area contributed by atoms with Gasteiger partial charge < -0.3 is 10.6 Å². The molecule has 0 atom stereocenters. The highest BCUT2D eigenvalue weighted by Crippen LogP contribution is 2.19. The van der Waals surface area contributed by atoms with Crippen LogP contribution in [0.4, 0.5) is 5.69 Å². The Morgan fingerprint density at radius 3 is 2.76 bits per heavy atom. The fraction of sp³-hybridized carbons (Fsp3) is 0.462. The van der Waals surface area contributed by atoms with Crippen molar-refractivity contribution in [3.63, 3.8) is 0 Å². The molecule has 0 saturated heterocycles. The Morgan fingerprint density at radius 2 is 2.12 bits per heavy atom. The predicted molar refractivity (Wildman–Crippen MR) is 72.6 cm³/mol. The second kappa shape index (κ2) is 7.30. The molecule has 0 aromatic heterocycles. The molecule has 1 aromatic carbocycles. The zero-order valence-electron chi connectivity index (χ0n) is 10.3. The van der Waals surface area contributed by atoms with Crippen LogP contribution in [0.5, 0.6) is 0 Å². The fourth-order valence-electron chi connectivity index (χ4n) is 1.40. The van der Waals surface area contributed by atoms with E-state index in [4.69, 9.17) is 11.6 Å². The van der Waals surface area contributed by atoms with Gasteiger partial charge in [-0.05, 0) is 37.6 Å². The Kier molecular flexibility index (Phi) is 6.01. The summed E-state index contributed by atoms with van der Waals surface area (Å²) < 4.78 is 0. The van der Waals surface area contributed by atoms with Crippen molar-refractivity contribution in [2.75, 3.05) is 18.4 Å². The Bertz CT molecular complexity index is 380. The lowest BCUT2D eigenvalue weighted by Gasteiger charge is -2.07. The van der Waals surface area contributed by atoms with Crippen molar-refractivity contribution < 1.29 is 4.79 Å². The van der Waals surface area contributed by atoms with Crippen molar-refractivity contribution in [2.45, 2.75) is 26.7 Å².